The zero-order valence-electron chi connectivity index (χ0n) is 28.5. The molecule has 6 nitrogen and oxygen atoms in total. The van der Waals surface area contributed by atoms with Crippen LogP contribution in [0.2, 0.25) is 0 Å². The first-order valence-corrected chi connectivity index (χ1v) is 16.9. The minimum absolute atomic E-state index is 0.0784. The third-order valence-corrected chi connectivity index (χ3v) is 10.5. The van der Waals surface area contributed by atoms with E-state index in [0.29, 0.717) is 17.2 Å². The van der Waals surface area contributed by atoms with Gasteiger partial charge in [-0.3, -0.25) is 4.79 Å². The van der Waals surface area contributed by atoms with Crippen molar-refractivity contribution in [3.8, 4) is 0 Å². The molecule has 6 heteroatoms. The highest BCUT2D eigenvalue weighted by atomic mass is 16.5. The fraction of sp³-hybridized carbons (Fsp3) is 0.462. The number of allylic oxidation sites excluding steroid dienone is 5. The van der Waals surface area contributed by atoms with Gasteiger partial charge in [0, 0.05) is 34.3 Å². The van der Waals surface area contributed by atoms with Crippen LogP contribution in [0.1, 0.15) is 154 Å². The quantitative estimate of drug-likeness (QED) is 0.314. The molecule has 0 saturated carbocycles. The fourth-order valence-corrected chi connectivity index (χ4v) is 7.86. The third kappa shape index (κ3) is 5.07. The number of hydrogen-bond donors (Lipinski definition) is 2. The molecule has 6 rings (SSSR count). The molecule has 45 heavy (non-hydrogen) atoms. The van der Waals surface area contributed by atoms with Gasteiger partial charge in [0.1, 0.15) is 0 Å². The van der Waals surface area contributed by atoms with E-state index in [1.807, 2.05) is 6.08 Å². The third-order valence-electron chi connectivity index (χ3n) is 10.5. The zero-order valence-corrected chi connectivity index (χ0v) is 28.5. The number of aromatic amines is 2. The lowest BCUT2D eigenvalue weighted by atomic mass is 9.83. The van der Waals surface area contributed by atoms with Gasteiger partial charge in [-0.05, 0) is 98.1 Å². The summed E-state index contributed by atoms with van der Waals surface area (Å²) < 4.78 is 5.71. The van der Waals surface area contributed by atoms with Crippen molar-refractivity contribution < 1.29 is 9.53 Å². The van der Waals surface area contributed by atoms with Crippen LogP contribution >= 0.6 is 0 Å². The van der Waals surface area contributed by atoms with Gasteiger partial charge in [-0.15, -0.1) is 0 Å². The van der Waals surface area contributed by atoms with Crippen molar-refractivity contribution in [2.75, 3.05) is 7.11 Å². The predicted octanol–water partition coefficient (Wildman–Crippen LogP) is 10.3. The minimum Gasteiger partial charge on any atom is -0.493 e. The number of hydrogen-bond acceptors (Lipinski definition) is 4. The summed E-state index contributed by atoms with van der Waals surface area (Å²) in [4.78, 5) is 32.2. The fourth-order valence-electron chi connectivity index (χ4n) is 7.86. The van der Waals surface area contributed by atoms with Crippen molar-refractivity contribution in [2.45, 2.75) is 106 Å². The second kappa shape index (κ2) is 12.1. The van der Waals surface area contributed by atoms with Gasteiger partial charge in [-0.25, -0.2) is 9.97 Å². The molecule has 5 heterocycles. The van der Waals surface area contributed by atoms with Gasteiger partial charge in [0.15, 0.2) is 5.76 Å². The van der Waals surface area contributed by atoms with E-state index in [-0.39, 0.29) is 17.6 Å². The first kappa shape index (κ1) is 31.1. The first-order valence-electron chi connectivity index (χ1n) is 16.9. The van der Waals surface area contributed by atoms with Crippen LogP contribution in [0, 0.1) is 12.8 Å². The molecule has 3 atom stereocenters. The molecule has 0 unspecified atom stereocenters. The molecule has 0 aromatic carbocycles. The van der Waals surface area contributed by atoms with Gasteiger partial charge in [-0.1, -0.05) is 53.9 Å². The normalized spacial score (nSPS) is 19.2. The van der Waals surface area contributed by atoms with Crippen molar-refractivity contribution in [3.05, 3.63) is 74.8 Å². The largest absolute Gasteiger partial charge is 0.493 e. The molecule has 2 aromatic rings. The Balaban J connectivity index is 1.79. The van der Waals surface area contributed by atoms with E-state index in [2.05, 4.69) is 83.6 Å². The second-order valence-electron chi connectivity index (χ2n) is 13.3. The molecule has 0 saturated heterocycles. The van der Waals surface area contributed by atoms with E-state index in [4.69, 9.17) is 14.7 Å². The van der Waals surface area contributed by atoms with Crippen molar-refractivity contribution in [3.63, 3.8) is 0 Å². The SMILES string of the molecule is CCCC[C@@H]1c2[nH]c(cc3nc(cc4nc(cc5[nH]c6c(c5C)C=C(OC)C(=O)c26)C(CC)=C4C)C([C@H](C)CCC)=C3C)[C@H]1C. The lowest BCUT2D eigenvalue weighted by Gasteiger charge is -2.20. The molecule has 4 aliphatic rings. The maximum absolute atomic E-state index is 14.2. The number of carbonyl (C=O) groups excluding carboxylic acids is 1. The number of aromatic nitrogens is 4. The van der Waals surface area contributed by atoms with Gasteiger partial charge < -0.3 is 14.7 Å². The average Bonchev–Trinajstić information content (AvgIpc) is 3.69. The molecular formula is C39H48N4O2. The number of ether oxygens (including phenoxy) is 1. The number of fused-ring (bicyclic) bond motifs is 8. The van der Waals surface area contributed by atoms with Crippen molar-refractivity contribution in [1.82, 2.24) is 19.9 Å². The van der Waals surface area contributed by atoms with Crippen LogP contribution in [0.4, 0.5) is 0 Å². The summed E-state index contributed by atoms with van der Waals surface area (Å²) in [5, 5.41) is 0. The number of aryl methyl sites for hydroxylation is 1. The van der Waals surface area contributed by atoms with Crippen molar-refractivity contribution in [2.24, 2.45) is 5.92 Å². The molecule has 2 N–H and O–H groups in total. The Labute approximate surface area is 267 Å². The van der Waals surface area contributed by atoms with Gasteiger partial charge >= 0.3 is 0 Å². The van der Waals surface area contributed by atoms with Crippen LogP contribution < -0.4 is 0 Å². The summed E-state index contributed by atoms with van der Waals surface area (Å²) in [6.45, 7) is 17.8. The van der Waals surface area contributed by atoms with E-state index in [0.717, 1.165) is 94.8 Å². The molecule has 1 aliphatic carbocycles. The lowest BCUT2D eigenvalue weighted by molar-refractivity contribution is 0.0955. The highest BCUT2D eigenvalue weighted by Crippen LogP contribution is 2.45. The molecule has 0 spiro atoms. The zero-order chi connectivity index (χ0) is 32.2. The van der Waals surface area contributed by atoms with Crippen LogP contribution in [0.25, 0.3) is 39.4 Å². The number of H-pyrrole nitrogens is 2. The minimum atomic E-state index is -0.0784. The van der Waals surface area contributed by atoms with Gasteiger partial charge in [0.05, 0.1) is 41.0 Å². The molecule has 2 aromatic heterocycles. The molecule has 236 valence electrons. The smallest absolute Gasteiger partial charge is 0.231 e. The van der Waals surface area contributed by atoms with Crippen LogP contribution in [0.3, 0.4) is 0 Å². The lowest BCUT2D eigenvalue weighted by Crippen LogP contribution is -2.14. The monoisotopic (exact) mass is 604 g/mol. The molecule has 0 radical (unpaired) electrons. The number of carbonyl (C=O) groups is 1. The van der Waals surface area contributed by atoms with Gasteiger partial charge in [-0.2, -0.15) is 0 Å². The summed E-state index contributed by atoms with van der Waals surface area (Å²) in [5.41, 5.74) is 15.7. The summed E-state index contributed by atoms with van der Waals surface area (Å²) in [6, 6.07) is 6.62. The number of ketones is 1. The molecule has 8 bridgehead atoms. The highest BCUT2D eigenvalue weighted by molar-refractivity contribution is 6.19. The summed E-state index contributed by atoms with van der Waals surface area (Å²) in [5.74, 6) is 1.07. The Kier molecular flexibility index (Phi) is 8.36. The first-order chi connectivity index (χ1) is 21.6. The molecular weight excluding hydrogens is 556 g/mol. The maximum atomic E-state index is 14.2. The topological polar surface area (TPSA) is 83.7 Å². The Morgan fingerprint density at radius 2 is 1.67 bits per heavy atom. The number of unbranched alkanes of at least 4 members (excludes halogenated alkanes) is 1. The molecule has 0 fully saturated rings. The predicted molar refractivity (Wildman–Crippen MR) is 186 cm³/mol. The van der Waals surface area contributed by atoms with E-state index in [1.54, 1.807) is 7.11 Å². The van der Waals surface area contributed by atoms with Crippen molar-refractivity contribution in [1.29, 1.82) is 0 Å². The highest BCUT2D eigenvalue weighted by Gasteiger charge is 2.35. The number of nitrogens with one attached hydrogen (secondary N) is 2. The van der Waals surface area contributed by atoms with Crippen LogP contribution in [0.15, 0.2) is 24.0 Å². The number of methoxy groups -OCH3 is 1. The molecule has 0 amide bonds. The van der Waals surface area contributed by atoms with Crippen molar-refractivity contribution >= 4 is 45.2 Å². The average molecular weight is 605 g/mol. The van der Waals surface area contributed by atoms with E-state index in [9.17, 15) is 4.79 Å². The van der Waals surface area contributed by atoms with E-state index < -0.39 is 0 Å². The Hall–Kier alpha value is -3.93. The maximum Gasteiger partial charge on any atom is 0.231 e. The molecule has 3 aliphatic heterocycles. The Morgan fingerprint density at radius 1 is 0.933 bits per heavy atom. The van der Waals surface area contributed by atoms with Crippen LogP contribution in [-0.2, 0) is 4.74 Å². The number of Topliss-reactive ketones (excluding diaryl/α,β-unsaturated/α-hetero) is 1. The standard InChI is InChI=1S/C39H48N4O2/c1-10-13-15-26-22(6)29-17-31-24(8)35(20(4)14-11-2)33(41-31)19-28-21(5)25(12-3)32(40-28)18-30-23(7)27-16-34(45-9)39(44)36(37(26)42-29)38(27)43-30/h16-20,22,26,42-43H,10-15H2,1-9H3/t20-,22+,26+/m1/s1. The van der Waals surface area contributed by atoms with E-state index in [1.165, 1.54) is 22.3 Å². The van der Waals surface area contributed by atoms with E-state index >= 15 is 0 Å². The number of rotatable bonds is 8. The Morgan fingerprint density at radius 3 is 2.36 bits per heavy atom. The second-order valence-corrected chi connectivity index (χ2v) is 13.3. The van der Waals surface area contributed by atoms with Crippen LogP contribution in [0.5, 0.6) is 0 Å². The number of nitrogens with zero attached hydrogens (tertiary/aromatic N) is 2. The van der Waals surface area contributed by atoms with Gasteiger partial charge in [0.2, 0.25) is 5.78 Å². The van der Waals surface area contributed by atoms with Crippen LogP contribution in [-0.4, -0.2) is 32.8 Å². The summed E-state index contributed by atoms with van der Waals surface area (Å²) in [6.07, 6.45) is 8.19. The summed E-state index contributed by atoms with van der Waals surface area (Å²) in [7, 11) is 1.59. The summed E-state index contributed by atoms with van der Waals surface area (Å²) >= 11 is 0. The van der Waals surface area contributed by atoms with Gasteiger partial charge in [0.25, 0.3) is 0 Å². The Bertz CT molecular complexity index is 1860.